The van der Waals surface area contributed by atoms with Crippen LogP contribution in [-0.2, 0) is 4.79 Å². The van der Waals surface area contributed by atoms with Crippen molar-refractivity contribution in [1.29, 1.82) is 0 Å². The van der Waals surface area contributed by atoms with Crippen LogP contribution >= 0.6 is 11.8 Å². The summed E-state index contributed by atoms with van der Waals surface area (Å²) >= 11 is 1.31. The van der Waals surface area contributed by atoms with Crippen LogP contribution < -0.4 is 24.3 Å². The van der Waals surface area contributed by atoms with Crippen molar-refractivity contribution in [2.75, 3.05) is 39.5 Å². The Bertz CT molecular complexity index is 1270. The van der Waals surface area contributed by atoms with Crippen molar-refractivity contribution in [2.24, 2.45) is 0 Å². The van der Waals surface area contributed by atoms with Gasteiger partial charge in [-0.05, 0) is 6.07 Å². The molecule has 2 aromatic carbocycles. The molecule has 166 valence electrons. The first-order valence-electron chi connectivity index (χ1n) is 9.60. The quantitative estimate of drug-likeness (QED) is 0.305. The fraction of sp³-hybridized carbons (Fsp3) is 0.227. The van der Waals surface area contributed by atoms with Crippen molar-refractivity contribution in [3.8, 4) is 23.0 Å². The second-order valence-electron chi connectivity index (χ2n) is 6.72. The molecule has 0 saturated carbocycles. The van der Waals surface area contributed by atoms with E-state index in [9.17, 15) is 4.79 Å². The van der Waals surface area contributed by atoms with Crippen LogP contribution in [0.25, 0.3) is 21.9 Å². The lowest BCUT2D eigenvalue weighted by atomic mass is 10.2. The first-order valence-corrected chi connectivity index (χ1v) is 10.6. The summed E-state index contributed by atoms with van der Waals surface area (Å²) in [7, 11) is 6.29. The number of anilines is 1. The fourth-order valence-electron chi connectivity index (χ4n) is 3.32. The number of rotatable bonds is 8. The molecule has 0 atom stereocenters. The Morgan fingerprint density at radius 1 is 0.938 bits per heavy atom. The largest absolute Gasteiger partial charge is 0.497 e. The number of ether oxygens (including phenoxy) is 4. The molecule has 0 aliphatic carbocycles. The number of hydrogen-bond donors (Lipinski definition) is 2. The Kier molecular flexibility index (Phi) is 6.22. The zero-order valence-corrected chi connectivity index (χ0v) is 18.8. The van der Waals surface area contributed by atoms with Crippen LogP contribution in [0.4, 0.5) is 5.69 Å². The molecule has 0 fully saturated rings. The van der Waals surface area contributed by atoms with Gasteiger partial charge in [0.05, 0.1) is 45.2 Å². The SMILES string of the molecule is COc1cc(NC(=O)CSc2ncnc3c2[nH]c2cc(OC)c(OC)cc23)cc(OC)c1. The van der Waals surface area contributed by atoms with E-state index in [2.05, 4.69) is 20.3 Å². The third-order valence-electron chi connectivity index (χ3n) is 4.83. The van der Waals surface area contributed by atoms with Gasteiger partial charge in [0.15, 0.2) is 11.5 Å². The summed E-state index contributed by atoms with van der Waals surface area (Å²) in [6.07, 6.45) is 1.49. The van der Waals surface area contributed by atoms with Crippen LogP contribution in [0.2, 0.25) is 0 Å². The second kappa shape index (κ2) is 9.23. The normalized spacial score (nSPS) is 10.9. The highest BCUT2D eigenvalue weighted by molar-refractivity contribution is 8.00. The minimum atomic E-state index is -0.184. The summed E-state index contributed by atoms with van der Waals surface area (Å²) in [5.74, 6) is 2.39. The number of carbonyl (C=O) groups excluding carboxylic acids is 1. The Balaban J connectivity index is 1.56. The van der Waals surface area contributed by atoms with Crippen molar-refractivity contribution < 1.29 is 23.7 Å². The van der Waals surface area contributed by atoms with E-state index in [1.54, 1.807) is 46.6 Å². The molecule has 4 aromatic rings. The summed E-state index contributed by atoms with van der Waals surface area (Å²) < 4.78 is 21.3. The number of H-pyrrole nitrogens is 1. The number of thioether (sulfide) groups is 1. The van der Waals surface area contributed by atoms with Gasteiger partial charge >= 0.3 is 0 Å². The van der Waals surface area contributed by atoms with Crippen molar-refractivity contribution >= 4 is 45.3 Å². The molecule has 0 aliphatic rings. The number of aromatic nitrogens is 3. The van der Waals surface area contributed by atoms with Crippen LogP contribution in [0.1, 0.15) is 0 Å². The van der Waals surface area contributed by atoms with Crippen LogP contribution in [0, 0.1) is 0 Å². The second-order valence-corrected chi connectivity index (χ2v) is 7.68. The Morgan fingerprint density at radius 2 is 1.62 bits per heavy atom. The molecule has 9 nitrogen and oxygen atoms in total. The lowest BCUT2D eigenvalue weighted by Gasteiger charge is -2.09. The Morgan fingerprint density at radius 3 is 2.28 bits per heavy atom. The maximum absolute atomic E-state index is 12.6. The maximum Gasteiger partial charge on any atom is 0.234 e. The predicted molar refractivity (Wildman–Crippen MR) is 123 cm³/mol. The lowest BCUT2D eigenvalue weighted by Crippen LogP contribution is -2.14. The standard InChI is InChI=1S/C22H22N4O5S/c1-28-13-5-12(6-14(7-13)29-2)25-19(27)10-32-22-21-20(23-11-24-22)15-8-17(30-3)18(31-4)9-16(15)26-21/h5-9,11,26H,10H2,1-4H3,(H,25,27). The van der Waals surface area contributed by atoms with E-state index in [0.29, 0.717) is 33.7 Å². The third-order valence-corrected chi connectivity index (χ3v) is 5.82. The number of fused-ring (bicyclic) bond motifs is 3. The highest BCUT2D eigenvalue weighted by atomic mass is 32.2. The van der Waals surface area contributed by atoms with Gasteiger partial charge in [-0.3, -0.25) is 4.79 Å². The predicted octanol–water partition coefficient (Wildman–Crippen LogP) is 3.88. The smallest absolute Gasteiger partial charge is 0.234 e. The number of carbonyl (C=O) groups is 1. The molecule has 0 saturated heterocycles. The van der Waals surface area contributed by atoms with Gasteiger partial charge in [0, 0.05) is 35.3 Å². The zero-order valence-electron chi connectivity index (χ0n) is 18.0. The van der Waals surface area contributed by atoms with Crippen LogP contribution in [0.15, 0.2) is 41.7 Å². The molecule has 2 aromatic heterocycles. The first kappa shape index (κ1) is 21.6. The molecule has 1 amide bonds. The molecule has 32 heavy (non-hydrogen) atoms. The van der Waals surface area contributed by atoms with Gasteiger partial charge in [-0.2, -0.15) is 0 Å². The van der Waals surface area contributed by atoms with Gasteiger partial charge in [-0.15, -0.1) is 0 Å². The maximum atomic E-state index is 12.6. The van der Waals surface area contributed by atoms with E-state index >= 15 is 0 Å². The molecule has 10 heteroatoms. The molecule has 0 radical (unpaired) electrons. The zero-order chi connectivity index (χ0) is 22.7. The van der Waals surface area contributed by atoms with E-state index in [-0.39, 0.29) is 11.7 Å². The van der Waals surface area contributed by atoms with Crippen molar-refractivity contribution in [3.63, 3.8) is 0 Å². The molecule has 2 heterocycles. The van der Waals surface area contributed by atoms with Crippen molar-refractivity contribution in [2.45, 2.75) is 5.03 Å². The molecule has 0 unspecified atom stereocenters. The summed E-state index contributed by atoms with van der Waals surface area (Å²) in [5.41, 5.74) is 2.92. The van der Waals surface area contributed by atoms with Gasteiger partial charge < -0.3 is 29.2 Å². The Labute approximate surface area is 188 Å². The van der Waals surface area contributed by atoms with E-state index in [1.165, 1.54) is 18.1 Å². The number of aromatic amines is 1. The topological polar surface area (TPSA) is 108 Å². The van der Waals surface area contributed by atoms with Gasteiger partial charge in [-0.1, -0.05) is 11.8 Å². The van der Waals surface area contributed by atoms with E-state index in [0.717, 1.165) is 21.9 Å². The monoisotopic (exact) mass is 454 g/mol. The number of amides is 1. The molecule has 2 N–H and O–H groups in total. The van der Waals surface area contributed by atoms with Gasteiger partial charge in [-0.25, -0.2) is 9.97 Å². The fourth-order valence-corrected chi connectivity index (χ4v) is 4.07. The highest BCUT2D eigenvalue weighted by Crippen LogP contribution is 2.37. The number of methoxy groups -OCH3 is 4. The summed E-state index contributed by atoms with van der Waals surface area (Å²) in [4.78, 5) is 24.7. The molecule has 4 rings (SSSR count). The summed E-state index contributed by atoms with van der Waals surface area (Å²) in [6, 6.07) is 8.92. The summed E-state index contributed by atoms with van der Waals surface area (Å²) in [6.45, 7) is 0. The van der Waals surface area contributed by atoms with Gasteiger partial charge in [0.2, 0.25) is 5.91 Å². The summed E-state index contributed by atoms with van der Waals surface area (Å²) in [5, 5.41) is 4.41. The minimum absolute atomic E-state index is 0.160. The Hall–Kier alpha value is -3.66. The first-order chi connectivity index (χ1) is 15.6. The number of nitrogens with one attached hydrogen (secondary N) is 2. The van der Waals surface area contributed by atoms with E-state index in [1.807, 2.05) is 12.1 Å². The van der Waals surface area contributed by atoms with Gasteiger partial charge in [0.25, 0.3) is 0 Å². The molecule has 0 aliphatic heterocycles. The van der Waals surface area contributed by atoms with E-state index in [4.69, 9.17) is 18.9 Å². The third kappa shape index (κ3) is 4.22. The van der Waals surface area contributed by atoms with Crippen molar-refractivity contribution in [1.82, 2.24) is 15.0 Å². The number of nitrogens with zero attached hydrogens (tertiary/aromatic N) is 2. The minimum Gasteiger partial charge on any atom is -0.497 e. The van der Waals surface area contributed by atoms with Crippen molar-refractivity contribution in [3.05, 3.63) is 36.7 Å². The van der Waals surface area contributed by atoms with Crippen LogP contribution in [0.3, 0.4) is 0 Å². The molecule has 0 bridgehead atoms. The average Bonchev–Trinajstić information content (AvgIpc) is 3.19. The lowest BCUT2D eigenvalue weighted by molar-refractivity contribution is -0.113. The number of benzene rings is 2. The van der Waals surface area contributed by atoms with Crippen LogP contribution in [-0.4, -0.2) is 55.1 Å². The average molecular weight is 455 g/mol. The molecular formula is C22H22N4O5S. The van der Waals surface area contributed by atoms with E-state index < -0.39 is 0 Å². The highest BCUT2D eigenvalue weighted by Gasteiger charge is 2.16. The number of hydrogen-bond acceptors (Lipinski definition) is 8. The molecular weight excluding hydrogens is 432 g/mol. The van der Waals surface area contributed by atoms with Crippen LogP contribution in [0.5, 0.6) is 23.0 Å². The molecule has 0 spiro atoms. The van der Waals surface area contributed by atoms with Gasteiger partial charge in [0.1, 0.15) is 28.4 Å².